The molecule has 1 N–H and O–H groups in total. The maximum atomic E-state index is 12.4. The Balaban J connectivity index is 1.93. The molecule has 0 saturated carbocycles. The molecule has 0 aliphatic carbocycles. The summed E-state index contributed by atoms with van der Waals surface area (Å²) >= 11 is 0. The van der Waals surface area contributed by atoms with Crippen LogP contribution in [0.3, 0.4) is 0 Å². The molecule has 0 bridgehead atoms. The fourth-order valence-electron chi connectivity index (χ4n) is 2.78. The number of benzene rings is 1. The standard InChI is InChI=1S/C16H26N2O5S/c1-12-10-18(11-13(2)23-12)24(19,20)17-8-7-14-5-6-15(21-3)16(9-14)22-4/h5-6,9,12-13,17H,7-8,10-11H2,1-4H3/t12-,13-/m0/s1. The summed E-state index contributed by atoms with van der Waals surface area (Å²) in [6, 6.07) is 5.56. The maximum Gasteiger partial charge on any atom is 0.279 e. The van der Waals surface area contributed by atoms with Gasteiger partial charge >= 0.3 is 0 Å². The molecule has 0 amide bonds. The third-order valence-electron chi connectivity index (χ3n) is 3.87. The van der Waals surface area contributed by atoms with Gasteiger partial charge in [-0.05, 0) is 38.0 Å². The predicted molar refractivity (Wildman–Crippen MR) is 91.8 cm³/mol. The van der Waals surface area contributed by atoms with Gasteiger partial charge in [0.1, 0.15) is 0 Å². The van der Waals surface area contributed by atoms with Gasteiger partial charge in [0.05, 0.1) is 26.4 Å². The number of nitrogens with one attached hydrogen (secondary N) is 1. The molecule has 1 aromatic rings. The SMILES string of the molecule is COc1ccc(CCNS(=O)(=O)N2C[C@H](C)O[C@@H](C)C2)cc1OC. The fourth-order valence-corrected chi connectivity index (χ4v) is 4.13. The highest BCUT2D eigenvalue weighted by atomic mass is 32.2. The summed E-state index contributed by atoms with van der Waals surface area (Å²) in [5, 5.41) is 0. The minimum atomic E-state index is -3.50. The summed E-state index contributed by atoms with van der Waals surface area (Å²) in [4.78, 5) is 0. The van der Waals surface area contributed by atoms with E-state index in [0.29, 0.717) is 37.6 Å². The molecular formula is C16H26N2O5S. The molecule has 24 heavy (non-hydrogen) atoms. The highest BCUT2D eigenvalue weighted by molar-refractivity contribution is 7.87. The van der Waals surface area contributed by atoms with Gasteiger partial charge in [-0.2, -0.15) is 12.7 Å². The lowest BCUT2D eigenvalue weighted by atomic mass is 10.1. The monoisotopic (exact) mass is 358 g/mol. The summed E-state index contributed by atoms with van der Waals surface area (Å²) in [5.41, 5.74) is 0.971. The van der Waals surface area contributed by atoms with Crippen LogP contribution >= 0.6 is 0 Å². The summed E-state index contributed by atoms with van der Waals surface area (Å²) in [6.07, 6.45) is 0.363. The highest BCUT2D eigenvalue weighted by Gasteiger charge is 2.30. The molecule has 0 radical (unpaired) electrons. The fraction of sp³-hybridized carbons (Fsp3) is 0.625. The second-order valence-electron chi connectivity index (χ2n) is 5.91. The van der Waals surface area contributed by atoms with Crippen LogP contribution in [0.25, 0.3) is 0 Å². The van der Waals surface area contributed by atoms with Gasteiger partial charge in [0.25, 0.3) is 10.2 Å². The molecule has 1 aromatic carbocycles. The quantitative estimate of drug-likeness (QED) is 0.792. The zero-order valence-corrected chi connectivity index (χ0v) is 15.4. The zero-order chi connectivity index (χ0) is 17.7. The molecule has 0 aromatic heterocycles. The first-order valence-electron chi connectivity index (χ1n) is 7.96. The third kappa shape index (κ3) is 4.83. The molecule has 7 nitrogen and oxygen atoms in total. The van der Waals surface area contributed by atoms with Crippen LogP contribution < -0.4 is 14.2 Å². The topological polar surface area (TPSA) is 77.1 Å². The van der Waals surface area contributed by atoms with Crippen LogP contribution in [0.5, 0.6) is 11.5 Å². The average Bonchev–Trinajstić information content (AvgIpc) is 2.53. The molecule has 1 aliphatic heterocycles. The van der Waals surface area contributed by atoms with E-state index in [1.807, 2.05) is 32.0 Å². The van der Waals surface area contributed by atoms with Crippen LogP contribution in [0, 0.1) is 0 Å². The average molecular weight is 358 g/mol. The van der Waals surface area contributed by atoms with E-state index in [1.54, 1.807) is 14.2 Å². The van der Waals surface area contributed by atoms with Crippen LogP contribution in [0.4, 0.5) is 0 Å². The summed E-state index contributed by atoms with van der Waals surface area (Å²) in [7, 11) is -0.347. The third-order valence-corrected chi connectivity index (χ3v) is 5.42. The van der Waals surface area contributed by atoms with Gasteiger partial charge in [0, 0.05) is 19.6 Å². The normalized spacial score (nSPS) is 22.3. The van der Waals surface area contributed by atoms with Crippen LogP contribution in [-0.2, 0) is 21.4 Å². The molecule has 2 atom stereocenters. The Hall–Kier alpha value is -1.35. The second-order valence-corrected chi connectivity index (χ2v) is 7.67. The van der Waals surface area contributed by atoms with E-state index in [4.69, 9.17) is 14.2 Å². The van der Waals surface area contributed by atoms with Crippen molar-refractivity contribution in [3.63, 3.8) is 0 Å². The summed E-state index contributed by atoms with van der Waals surface area (Å²) in [6.45, 7) is 4.81. The Bertz CT molecular complexity index is 640. The highest BCUT2D eigenvalue weighted by Crippen LogP contribution is 2.27. The van der Waals surface area contributed by atoms with E-state index in [-0.39, 0.29) is 12.2 Å². The predicted octanol–water partition coefficient (Wildman–Crippen LogP) is 1.19. The summed E-state index contributed by atoms with van der Waals surface area (Å²) < 4.78 is 44.9. The first kappa shape index (κ1) is 19.0. The van der Waals surface area contributed by atoms with Gasteiger partial charge in [-0.15, -0.1) is 0 Å². The van der Waals surface area contributed by atoms with Gasteiger partial charge in [-0.25, -0.2) is 4.72 Å². The number of hydrogen-bond acceptors (Lipinski definition) is 5. The molecule has 0 spiro atoms. The minimum absolute atomic E-state index is 0.101. The Morgan fingerprint density at radius 1 is 1.17 bits per heavy atom. The number of nitrogens with zero attached hydrogens (tertiary/aromatic N) is 1. The van der Waals surface area contributed by atoms with Gasteiger partial charge in [-0.3, -0.25) is 0 Å². The minimum Gasteiger partial charge on any atom is -0.493 e. The Morgan fingerprint density at radius 3 is 2.38 bits per heavy atom. The van der Waals surface area contributed by atoms with Crippen molar-refractivity contribution in [3.05, 3.63) is 23.8 Å². The number of ether oxygens (including phenoxy) is 3. The molecule has 2 rings (SSSR count). The van der Waals surface area contributed by atoms with E-state index >= 15 is 0 Å². The van der Waals surface area contributed by atoms with E-state index in [2.05, 4.69) is 4.72 Å². The van der Waals surface area contributed by atoms with Crippen LogP contribution in [0.1, 0.15) is 19.4 Å². The smallest absolute Gasteiger partial charge is 0.279 e. The van der Waals surface area contributed by atoms with Crippen molar-refractivity contribution >= 4 is 10.2 Å². The van der Waals surface area contributed by atoms with E-state index < -0.39 is 10.2 Å². The Kier molecular flexibility index (Phi) is 6.45. The van der Waals surface area contributed by atoms with Crippen molar-refractivity contribution in [2.75, 3.05) is 33.9 Å². The molecule has 1 heterocycles. The van der Waals surface area contributed by atoms with Crippen molar-refractivity contribution in [1.82, 2.24) is 9.03 Å². The van der Waals surface area contributed by atoms with Gasteiger partial charge in [-0.1, -0.05) is 6.07 Å². The lowest BCUT2D eigenvalue weighted by Gasteiger charge is -2.34. The van der Waals surface area contributed by atoms with E-state index in [9.17, 15) is 8.42 Å². The van der Waals surface area contributed by atoms with Gasteiger partial charge < -0.3 is 14.2 Å². The molecular weight excluding hydrogens is 332 g/mol. The number of morpholine rings is 1. The molecule has 8 heteroatoms. The molecule has 1 fully saturated rings. The van der Waals surface area contributed by atoms with Crippen molar-refractivity contribution in [2.45, 2.75) is 32.5 Å². The molecule has 1 aliphatic rings. The van der Waals surface area contributed by atoms with E-state index in [0.717, 1.165) is 5.56 Å². The first-order chi connectivity index (χ1) is 11.4. The molecule has 1 saturated heterocycles. The van der Waals surface area contributed by atoms with Crippen molar-refractivity contribution in [3.8, 4) is 11.5 Å². The summed E-state index contributed by atoms with van der Waals surface area (Å²) in [5.74, 6) is 1.28. The molecule has 136 valence electrons. The maximum absolute atomic E-state index is 12.4. The Labute approximate surface area is 144 Å². The largest absolute Gasteiger partial charge is 0.493 e. The lowest BCUT2D eigenvalue weighted by Crippen LogP contribution is -2.52. The number of methoxy groups -OCH3 is 2. The Morgan fingerprint density at radius 2 is 1.79 bits per heavy atom. The van der Waals surface area contributed by atoms with E-state index in [1.165, 1.54) is 4.31 Å². The lowest BCUT2D eigenvalue weighted by molar-refractivity contribution is -0.0443. The van der Waals surface area contributed by atoms with Crippen molar-refractivity contribution < 1.29 is 22.6 Å². The van der Waals surface area contributed by atoms with Crippen molar-refractivity contribution in [2.24, 2.45) is 0 Å². The van der Waals surface area contributed by atoms with Crippen molar-refractivity contribution in [1.29, 1.82) is 0 Å². The van der Waals surface area contributed by atoms with Crippen LogP contribution in [-0.4, -0.2) is 58.8 Å². The molecule has 0 unspecified atom stereocenters. The van der Waals surface area contributed by atoms with Gasteiger partial charge in [0.15, 0.2) is 11.5 Å². The van der Waals surface area contributed by atoms with Gasteiger partial charge in [0.2, 0.25) is 0 Å². The number of hydrogen-bond donors (Lipinski definition) is 1. The first-order valence-corrected chi connectivity index (χ1v) is 9.41. The second kappa shape index (κ2) is 8.15. The van der Waals surface area contributed by atoms with Crippen LogP contribution in [0.15, 0.2) is 18.2 Å². The number of rotatable bonds is 7. The van der Waals surface area contributed by atoms with Crippen LogP contribution in [0.2, 0.25) is 0 Å². The zero-order valence-electron chi connectivity index (χ0n) is 14.6.